The van der Waals surface area contributed by atoms with Gasteiger partial charge in [0.2, 0.25) is 0 Å². The first kappa shape index (κ1) is 31.0. The van der Waals surface area contributed by atoms with Gasteiger partial charge in [-0.25, -0.2) is 0 Å². The second-order valence-corrected chi connectivity index (χ2v) is 12.7. The fourth-order valence-electron chi connectivity index (χ4n) is 6.24. The largest absolute Gasteiger partial charge is 0.310 e. The average molecular weight is 687 g/mol. The van der Waals surface area contributed by atoms with Crippen molar-refractivity contribution in [2.24, 2.45) is 0 Å². The summed E-state index contributed by atoms with van der Waals surface area (Å²) in [6.07, 6.45) is 0. The summed E-state index contributed by atoms with van der Waals surface area (Å²) in [5.74, 6) is 0. The topological polar surface area (TPSA) is 9.72 Å². The van der Waals surface area contributed by atoms with Gasteiger partial charge in [-0.1, -0.05) is 113 Å². The molecule has 4 heteroatoms. The molecule has 7 aromatic rings. The van der Waals surface area contributed by atoms with E-state index in [1.54, 1.807) is 0 Å². The minimum absolute atomic E-state index is 1.02. The van der Waals surface area contributed by atoms with E-state index in [1.807, 2.05) is 0 Å². The molecule has 0 aliphatic carbocycles. The van der Waals surface area contributed by atoms with Gasteiger partial charge in [0, 0.05) is 38.6 Å². The van der Waals surface area contributed by atoms with Gasteiger partial charge in [-0.15, -0.1) is 0 Å². The van der Waals surface area contributed by atoms with Crippen LogP contribution in [0.5, 0.6) is 0 Å². The summed E-state index contributed by atoms with van der Waals surface area (Å²) in [6.45, 7) is 4.37. The molecule has 0 saturated carbocycles. The average Bonchev–Trinajstić information content (AvgIpc) is 3.12. The van der Waals surface area contributed by atoms with Gasteiger partial charge in [0.25, 0.3) is 0 Å². The number of rotatable bonds is 9. The maximum absolute atomic E-state index is 3.75. The molecule has 7 rings (SSSR count). The Kier molecular flexibility index (Phi) is 9.08. The third kappa shape index (κ3) is 6.48. The standard InChI is InChI=1S/C44H36BrN3/c1-33-17-12-14-27-43(33)48(44-28-15-13-18-34(44)2)42-31-40(46(36-20-6-3-7-21-36)37-22-8-4-9-23-37)30-41(32-42)47(38-24-10-5-11-25-38)39-26-16-19-35(45)29-39/h3-32H,1-2H3. The normalized spacial score (nSPS) is 10.8. The third-order valence-electron chi connectivity index (χ3n) is 8.48. The second-order valence-electron chi connectivity index (χ2n) is 11.8. The summed E-state index contributed by atoms with van der Waals surface area (Å²) >= 11 is 3.75. The van der Waals surface area contributed by atoms with Crippen molar-refractivity contribution >= 4 is 67.1 Å². The summed E-state index contributed by atoms with van der Waals surface area (Å²) in [5.41, 5.74) is 12.1. The lowest BCUT2D eigenvalue weighted by Gasteiger charge is -2.33. The molecule has 0 aromatic heterocycles. The van der Waals surface area contributed by atoms with Crippen molar-refractivity contribution in [1.82, 2.24) is 0 Å². The van der Waals surface area contributed by atoms with Gasteiger partial charge in [-0.2, -0.15) is 0 Å². The van der Waals surface area contributed by atoms with Gasteiger partial charge < -0.3 is 14.7 Å². The predicted molar refractivity (Wildman–Crippen MR) is 208 cm³/mol. The highest BCUT2D eigenvalue weighted by Gasteiger charge is 2.23. The number of nitrogens with zero attached hydrogens (tertiary/aromatic N) is 3. The summed E-state index contributed by atoms with van der Waals surface area (Å²) < 4.78 is 1.02. The lowest BCUT2D eigenvalue weighted by atomic mass is 10.1. The Balaban J connectivity index is 1.56. The fraction of sp³-hybridized carbons (Fsp3) is 0.0455. The van der Waals surface area contributed by atoms with Crippen molar-refractivity contribution in [3.05, 3.63) is 198 Å². The Morgan fingerprint density at radius 3 is 1.08 bits per heavy atom. The number of para-hydroxylation sites is 5. The Bertz CT molecular complexity index is 2050. The van der Waals surface area contributed by atoms with E-state index in [-0.39, 0.29) is 0 Å². The predicted octanol–water partition coefficient (Wildman–Crippen LogP) is 13.5. The molecule has 0 heterocycles. The maximum Gasteiger partial charge on any atom is 0.0503 e. The number of halogens is 1. The zero-order valence-corrected chi connectivity index (χ0v) is 28.6. The van der Waals surface area contributed by atoms with Gasteiger partial charge in [-0.3, -0.25) is 0 Å². The van der Waals surface area contributed by atoms with E-state index < -0.39 is 0 Å². The molecule has 0 saturated heterocycles. The van der Waals surface area contributed by atoms with Gasteiger partial charge in [0.15, 0.2) is 0 Å². The van der Waals surface area contributed by atoms with Gasteiger partial charge >= 0.3 is 0 Å². The SMILES string of the molecule is Cc1ccccc1N(c1cc(N(c2ccccc2)c2ccccc2)cc(N(c2ccccc2)c2cccc(Br)c2)c1)c1ccccc1C. The molecular formula is C44H36BrN3. The zero-order valence-electron chi connectivity index (χ0n) is 27.0. The van der Waals surface area contributed by atoms with Crippen LogP contribution in [-0.2, 0) is 0 Å². The minimum Gasteiger partial charge on any atom is -0.310 e. The second kappa shape index (κ2) is 14.0. The van der Waals surface area contributed by atoms with E-state index in [0.717, 1.165) is 55.7 Å². The first-order valence-corrected chi connectivity index (χ1v) is 16.9. The molecule has 0 spiro atoms. The molecule has 0 aliphatic rings. The zero-order chi connectivity index (χ0) is 32.9. The molecule has 0 bridgehead atoms. The van der Waals surface area contributed by atoms with Crippen LogP contribution in [0.25, 0.3) is 0 Å². The highest BCUT2D eigenvalue weighted by molar-refractivity contribution is 9.10. The van der Waals surface area contributed by atoms with E-state index >= 15 is 0 Å². The van der Waals surface area contributed by atoms with Crippen LogP contribution >= 0.6 is 15.9 Å². The van der Waals surface area contributed by atoms with Crippen molar-refractivity contribution in [1.29, 1.82) is 0 Å². The smallest absolute Gasteiger partial charge is 0.0503 e. The number of hydrogen-bond acceptors (Lipinski definition) is 3. The van der Waals surface area contributed by atoms with Crippen LogP contribution in [0.1, 0.15) is 11.1 Å². The fourth-order valence-corrected chi connectivity index (χ4v) is 6.63. The summed E-state index contributed by atoms with van der Waals surface area (Å²) in [6, 6.07) is 64.5. The molecule has 0 N–H and O–H groups in total. The van der Waals surface area contributed by atoms with Crippen molar-refractivity contribution in [2.75, 3.05) is 14.7 Å². The molecular weight excluding hydrogens is 650 g/mol. The number of hydrogen-bond donors (Lipinski definition) is 0. The molecule has 0 amide bonds. The van der Waals surface area contributed by atoms with Crippen LogP contribution in [0.4, 0.5) is 51.2 Å². The van der Waals surface area contributed by atoms with Crippen LogP contribution in [0.3, 0.4) is 0 Å². The summed E-state index contributed by atoms with van der Waals surface area (Å²) in [5, 5.41) is 0. The van der Waals surface area contributed by atoms with E-state index in [9.17, 15) is 0 Å². The van der Waals surface area contributed by atoms with Gasteiger partial charge in [0.05, 0.1) is 17.1 Å². The Hall–Kier alpha value is -5.58. The quantitative estimate of drug-likeness (QED) is 0.150. The molecule has 0 unspecified atom stereocenters. The first-order valence-electron chi connectivity index (χ1n) is 16.1. The molecule has 48 heavy (non-hydrogen) atoms. The third-order valence-corrected chi connectivity index (χ3v) is 8.98. The number of benzene rings is 7. The Morgan fingerprint density at radius 1 is 0.312 bits per heavy atom. The molecule has 3 nitrogen and oxygen atoms in total. The van der Waals surface area contributed by atoms with E-state index in [1.165, 1.54) is 11.1 Å². The Morgan fingerprint density at radius 2 is 0.667 bits per heavy atom. The van der Waals surface area contributed by atoms with Crippen LogP contribution in [0.15, 0.2) is 186 Å². The van der Waals surface area contributed by atoms with Crippen LogP contribution in [0, 0.1) is 13.8 Å². The van der Waals surface area contributed by atoms with Crippen molar-refractivity contribution in [3.63, 3.8) is 0 Å². The molecule has 0 radical (unpaired) electrons. The van der Waals surface area contributed by atoms with Gasteiger partial charge in [-0.05, 0) is 110 Å². The van der Waals surface area contributed by atoms with Gasteiger partial charge in [0.1, 0.15) is 0 Å². The number of anilines is 9. The Labute approximate surface area is 292 Å². The minimum atomic E-state index is 1.02. The van der Waals surface area contributed by atoms with Crippen molar-refractivity contribution in [3.8, 4) is 0 Å². The molecule has 234 valence electrons. The van der Waals surface area contributed by atoms with Crippen LogP contribution < -0.4 is 14.7 Å². The van der Waals surface area contributed by atoms with Crippen molar-refractivity contribution in [2.45, 2.75) is 13.8 Å². The van der Waals surface area contributed by atoms with E-state index in [0.29, 0.717) is 0 Å². The maximum atomic E-state index is 3.75. The highest BCUT2D eigenvalue weighted by Crippen LogP contribution is 2.46. The van der Waals surface area contributed by atoms with Crippen molar-refractivity contribution < 1.29 is 0 Å². The van der Waals surface area contributed by atoms with E-state index in [4.69, 9.17) is 0 Å². The first-order chi connectivity index (χ1) is 23.6. The summed E-state index contributed by atoms with van der Waals surface area (Å²) in [7, 11) is 0. The highest BCUT2D eigenvalue weighted by atomic mass is 79.9. The van der Waals surface area contributed by atoms with Crippen LogP contribution in [0.2, 0.25) is 0 Å². The number of aryl methyl sites for hydroxylation is 2. The van der Waals surface area contributed by atoms with Crippen LogP contribution in [-0.4, -0.2) is 0 Å². The molecule has 0 atom stereocenters. The lowest BCUT2D eigenvalue weighted by Crippen LogP contribution is -2.17. The molecule has 0 fully saturated rings. The summed E-state index contributed by atoms with van der Waals surface area (Å²) in [4.78, 5) is 7.07. The monoisotopic (exact) mass is 685 g/mol. The molecule has 7 aromatic carbocycles. The lowest BCUT2D eigenvalue weighted by molar-refractivity contribution is 1.20. The molecule has 0 aliphatic heterocycles. The van der Waals surface area contributed by atoms with E-state index in [2.05, 4.69) is 226 Å².